The Bertz CT molecular complexity index is 937. The third kappa shape index (κ3) is 37.1. The monoisotopic (exact) mass is 756 g/mol. The van der Waals surface area contributed by atoms with Crippen LogP contribution < -0.4 is 5.32 Å². The van der Waals surface area contributed by atoms with Crippen molar-refractivity contribution in [2.75, 3.05) is 5.75 Å². The molecule has 8 heteroatoms. The molecule has 0 aliphatic carbocycles. The van der Waals surface area contributed by atoms with Gasteiger partial charge in [-0.25, -0.2) is 0 Å². The highest BCUT2D eigenvalue weighted by Gasteiger charge is 2.27. The maximum absolute atomic E-state index is 12.6. The summed E-state index contributed by atoms with van der Waals surface area (Å²) in [6.45, 7) is 4.52. The van der Waals surface area contributed by atoms with E-state index in [-0.39, 0.29) is 6.42 Å². The number of amides is 1. The van der Waals surface area contributed by atoms with E-state index in [0.717, 1.165) is 51.4 Å². The largest absolute Gasteiger partial charge is 0.387 e. The molecule has 3 unspecified atom stereocenters. The SMILES string of the molecule is CCCCCCCCCCC/C=C\CCCCCCC(O)C(=O)NC(CS(=O)(=O)O)C(O)/C=C/CCCCCCCCCCCCCCCCCC. The van der Waals surface area contributed by atoms with E-state index < -0.39 is 40.0 Å². The van der Waals surface area contributed by atoms with Crippen molar-refractivity contribution < 1.29 is 28.0 Å². The summed E-state index contributed by atoms with van der Waals surface area (Å²) in [5.74, 6) is -1.54. The molecule has 0 radical (unpaired) electrons. The summed E-state index contributed by atoms with van der Waals surface area (Å²) in [5, 5.41) is 23.4. The zero-order valence-electron chi connectivity index (χ0n) is 34.1. The first-order valence-electron chi connectivity index (χ1n) is 22.1. The summed E-state index contributed by atoms with van der Waals surface area (Å²) in [6, 6.07) is -1.23. The normalized spacial score (nSPS) is 14.0. The van der Waals surface area contributed by atoms with Crippen molar-refractivity contribution in [3.63, 3.8) is 0 Å². The Labute approximate surface area is 322 Å². The predicted molar refractivity (Wildman–Crippen MR) is 222 cm³/mol. The summed E-state index contributed by atoms with van der Waals surface area (Å²) < 4.78 is 32.6. The van der Waals surface area contributed by atoms with Crippen LogP contribution in [0.25, 0.3) is 0 Å². The molecular weight excluding hydrogens is 671 g/mol. The number of rotatable bonds is 40. The molecule has 0 fully saturated rings. The number of hydrogen-bond acceptors (Lipinski definition) is 5. The first-order valence-corrected chi connectivity index (χ1v) is 23.8. The van der Waals surface area contributed by atoms with Gasteiger partial charge in [0.2, 0.25) is 5.91 Å². The van der Waals surface area contributed by atoms with Gasteiger partial charge >= 0.3 is 0 Å². The molecule has 0 aliphatic heterocycles. The van der Waals surface area contributed by atoms with E-state index in [9.17, 15) is 28.0 Å². The quantitative estimate of drug-likeness (QED) is 0.0280. The van der Waals surface area contributed by atoms with E-state index in [1.54, 1.807) is 6.08 Å². The van der Waals surface area contributed by atoms with Crippen molar-refractivity contribution in [1.82, 2.24) is 5.32 Å². The van der Waals surface area contributed by atoms with Gasteiger partial charge in [0.25, 0.3) is 10.1 Å². The molecule has 0 saturated heterocycles. The first kappa shape index (κ1) is 50.8. The van der Waals surface area contributed by atoms with Crippen LogP contribution in [-0.4, -0.2) is 53.1 Å². The fourth-order valence-electron chi connectivity index (χ4n) is 6.80. The lowest BCUT2D eigenvalue weighted by molar-refractivity contribution is -0.130. The second kappa shape index (κ2) is 38.1. The molecule has 3 atom stereocenters. The van der Waals surface area contributed by atoms with E-state index in [1.807, 2.05) is 0 Å². The lowest BCUT2D eigenvalue weighted by Gasteiger charge is -2.22. The maximum atomic E-state index is 12.6. The van der Waals surface area contributed by atoms with Crippen LogP contribution in [0.2, 0.25) is 0 Å². The number of nitrogens with one attached hydrogen (secondary N) is 1. The third-order valence-electron chi connectivity index (χ3n) is 10.2. The fourth-order valence-corrected chi connectivity index (χ4v) is 7.54. The van der Waals surface area contributed by atoms with E-state index in [1.165, 1.54) is 154 Å². The van der Waals surface area contributed by atoms with Crippen LogP contribution >= 0.6 is 0 Å². The van der Waals surface area contributed by atoms with Crippen LogP contribution in [-0.2, 0) is 14.9 Å². The zero-order chi connectivity index (χ0) is 38.4. The highest BCUT2D eigenvalue weighted by molar-refractivity contribution is 7.85. The van der Waals surface area contributed by atoms with Crippen molar-refractivity contribution in [2.45, 2.75) is 244 Å². The summed E-state index contributed by atoms with van der Waals surface area (Å²) >= 11 is 0. The molecule has 0 rings (SSSR count). The fraction of sp³-hybridized carbons (Fsp3) is 0.886. The minimum absolute atomic E-state index is 0.268. The van der Waals surface area contributed by atoms with Crippen LogP contribution in [0, 0.1) is 0 Å². The second-order valence-corrected chi connectivity index (χ2v) is 17.0. The van der Waals surface area contributed by atoms with E-state index in [2.05, 4.69) is 31.3 Å². The number of hydrogen-bond donors (Lipinski definition) is 4. The van der Waals surface area contributed by atoms with Gasteiger partial charge in [-0.2, -0.15) is 8.42 Å². The number of aliphatic hydroxyl groups excluding tert-OH is 2. The third-order valence-corrected chi connectivity index (χ3v) is 11.0. The van der Waals surface area contributed by atoms with Gasteiger partial charge < -0.3 is 15.5 Å². The first-order chi connectivity index (χ1) is 25.2. The van der Waals surface area contributed by atoms with Gasteiger partial charge in [0.15, 0.2) is 0 Å². The molecule has 308 valence electrons. The Morgan fingerprint density at radius 1 is 0.519 bits per heavy atom. The molecular formula is C44H85NO6S. The van der Waals surface area contributed by atoms with Gasteiger partial charge in [-0.15, -0.1) is 0 Å². The highest BCUT2D eigenvalue weighted by atomic mass is 32.2. The molecule has 0 aromatic carbocycles. The average Bonchev–Trinajstić information content (AvgIpc) is 3.11. The van der Waals surface area contributed by atoms with Gasteiger partial charge in [0, 0.05) is 0 Å². The molecule has 0 heterocycles. The Kier molecular flexibility index (Phi) is 37.2. The van der Waals surface area contributed by atoms with Gasteiger partial charge in [-0.05, 0) is 44.9 Å². The smallest absolute Gasteiger partial charge is 0.267 e. The number of allylic oxidation sites excluding steroid dienone is 3. The van der Waals surface area contributed by atoms with Crippen LogP contribution in [0.15, 0.2) is 24.3 Å². The van der Waals surface area contributed by atoms with Crippen LogP contribution in [0.4, 0.5) is 0 Å². The van der Waals surface area contributed by atoms with Crippen molar-refractivity contribution in [2.24, 2.45) is 0 Å². The number of aliphatic hydroxyl groups is 2. The molecule has 52 heavy (non-hydrogen) atoms. The molecule has 7 nitrogen and oxygen atoms in total. The molecule has 0 bridgehead atoms. The topological polar surface area (TPSA) is 124 Å². The number of carbonyl (C=O) groups excluding carboxylic acids is 1. The van der Waals surface area contributed by atoms with Gasteiger partial charge in [0.05, 0.1) is 17.9 Å². The molecule has 0 saturated carbocycles. The van der Waals surface area contributed by atoms with Gasteiger partial charge in [-0.3, -0.25) is 9.35 Å². The minimum Gasteiger partial charge on any atom is -0.387 e. The standard InChI is InChI=1S/C44H85NO6S/c1-3-5-7-9-11-13-15-17-19-21-23-24-26-28-30-32-34-36-38-42(46)41(40-52(49,50)51)45-44(48)43(47)39-37-35-33-31-29-27-25-22-20-18-16-14-12-10-8-6-4-2/h25,27,36,38,41-43,46-47H,3-24,26,28-35,37,39-40H2,1-2H3,(H,45,48)(H,49,50,51)/b27-25-,38-36+. The average molecular weight is 756 g/mol. The Morgan fingerprint density at radius 2 is 0.846 bits per heavy atom. The van der Waals surface area contributed by atoms with Crippen molar-refractivity contribution in [3.05, 3.63) is 24.3 Å². The van der Waals surface area contributed by atoms with Crippen molar-refractivity contribution in [1.29, 1.82) is 0 Å². The Morgan fingerprint density at radius 3 is 1.21 bits per heavy atom. The van der Waals surface area contributed by atoms with Gasteiger partial charge in [0.1, 0.15) is 6.10 Å². The zero-order valence-corrected chi connectivity index (χ0v) is 34.9. The maximum Gasteiger partial charge on any atom is 0.267 e. The van der Waals surface area contributed by atoms with Crippen molar-refractivity contribution >= 4 is 16.0 Å². The summed E-state index contributed by atoms with van der Waals surface area (Å²) in [5.41, 5.74) is 0. The molecule has 0 spiro atoms. The second-order valence-electron chi connectivity index (χ2n) is 15.5. The molecule has 0 aromatic rings. The summed E-state index contributed by atoms with van der Waals surface area (Å²) in [6.07, 6.45) is 45.2. The van der Waals surface area contributed by atoms with E-state index >= 15 is 0 Å². The minimum atomic E-state index is -4.44. The summed E-state index contributed by atoms with van der Waals surface area (Å²) in [7, 11) is -4.44. The van der Waals surface area contributed by atoms with Gasteiger partial charge in [-0.1, -0.05) is 205 Å². The van der Waals surface area contributed by atoms with Crippen LogP contribution in [0.3, 0.4) is 0 Å². The van der Waals surface area contributed by atoms with Crippen LogP contribution in [0.5, 0.6) is 0 Å². The highest BCUT2D eigenvalue weighted by Crippen LogP contribution is 2.15. The lowest BCUT2D eigenvalue weighted by atomic mass is 10.0. The lowest BCUT2D eigenvalue weighted by Crippen LogP contribution is -2.50. The number of carbonyl (C=O) groups is 1. The molecule has 0 aliphatic rings. The molecule has 0 aromatic heterocycles. The molecule has 4 N–H and O–H groups in total. The summed E-state index contributed by atoms with van der Waals surface area (Å²) in [4.78, 5) is 12.6. The van der Waals surface area contributed by atoms with Crippen molar-refractivity contribution in [3.8, 4) is 0 Å². The van der Waals surface area contributed by atoms with E-state index in [0.29, 0.717) is 6.42 Å². The Balaban J connectivity index is 4.01. The number of unbranched alkanes of at least 4 members (excludes halogenated alkanes) is 29. The predicted octanol–water partition coefficient (Wildman–Crippen LogP) is 12.1. The van der Waals surface area contributed by atoms with Crippen LogP contribution in [0.1, 0.15) is 226 Å². The van der Waals surface area contributed by atoms with E-state index in [4.69, 9.17) is 0 Å². The molecule has 1 amide bonds. The Hall–Kier alpha value is -1.22.